The fourth-order valence-corrected chi connectivity index (χ4v) is 2.23. The Morgan fingerprint density at radius 1 is 0.786 bits per heavy atom. The molecule has 0 saturated carbocycles. The number of aromatic nitrogens is 3. The van der Waals surface area contributed by atoms with Crippen LogP contribution in [-0.2, 0) is 6.42 Å². The van der Waals surface area contributed by atoms with E-state index in [1.165, 1.54) is 50.4 Å². The van der Waals surface area contributed by atoms with E-state index < -0.39 is 0 Å². The average molecular weight is 386 g/mol. The van der Waals surface area contributed by atoms with E-state index in [0.29, 0.717) is 0 Å². The Morgan fingerprint density at radius 2 is 1.39 bits per heavy atom. The summed E-state index contributed by atoms with van der Waals surface area (Å²) in [6.07, 6.45) is 13.1. The highest BCUT2D eigenvalue weighted by Crippen LogP contribution is 2.04. The van der Waals surface area contributed by atoms with Crippen molar-refractivity contribution in [3.05, 3.63) is 60.7 Å². The molecule has 158 valence electrons. The number of nitrogens with zero attached hydrogens (tertiary/aromatic N) is 2. The van der Waals surface area contributed by atoms with Crippen molar-refractivity contribution in [3.63, 3.8) is 0 Å². The van der Waals surface area contributed by atoms with Crippen molar-refractivity contribution < 1.29 is 0 Å². The van der Waals surface area contributed by atoms with E-state index in [0.717, 1.165) is 11.0 Å². The first-order valence-electron chi connectivity index (χ1n) is 11.1. The first-order chi connectivity index (χ1) is 13.8. The van der Waals surface area contributed by atoms with Gasteiger partial charge in [0.2, 0.25) is 0 Å². The number of hydrogen-bond donors (Lipinski definition) is 1. The van der Waals surface area contributed by atoms with Crippen molar-refractivity contribution >= 4 is 11.0 Å². The zero-order valence-electron chi connectivity index (χ0n) is 19.3. The van der Waals surface area contributed by atoms with E-state index in [2.05, 4.69) is 66.1 Å². The van der Waals surface area contributed by atoms with Gasteiger partial charge in [-0.1, -0.05) is 111 Å². The van der Waals surface area contributed by atoms with Gasteiger partial charge in [0, 0.05) is 17.8 Å². The first-order valence-corrected chi connectivity index (χ1v) is 11.1. The summed E-state index contributed by atoms with van der Waals surface area (Å²) in [5.41, 5.74) is 2.34. The Bertz CT molecular complexity index is 598. The molecular weight excluding hydrogens is 342 g/mol. The summed E-state index contributed by atoms with van der Waals surface area (Å²) in [5.74, 6) is 0. The molecule has 0 fully saturated rings. The summed E-state index contributed by atoms with van der Waals surface area (Å²) >= 11 is 0. The molecule has 0 bridgehead atoms. The molecule has 3 rings (SSSR count). The molecule has 0 atom stereocenters. The van der Waals surface area contributed by atoms with Crippen molar-refractivity contribution in [1.29, 1.82) is 0 Å². The molecule has 1 N–H and O–H groups in total. The van der Waals surface area contributed by atoms with Gasteiger partial charge in [0.15, 0.2) is 0 Å². The molecule has 0 unspecified atom stereocenters. The molecule has 3 nitrogen and oxygen atoms in total. The van der Waals surface area contributed by atoms with Crippen LogP contribution in [-0.4, -0.2) is 15.0 Å². The Morgan fingerprint density at radius 3 is 1.89 bits per heavy atom. The lowest BCUT2D eigenvalue weighted by Gasteiger charge is -1.93. The minimum Gasteiger partial charge on any atom is -0.346 e. The average Bonchev–Trinajstić information content (AvgIpc) is 3.26. The number of nitrogens with one attached hydrogen (secondary N) is 1. The maximum Gasteiger partial charge on any atom is 0.140 e. The van der Waals surface area contributed by atoms with Gasteiger partial charge in [-0.25, -0.2) is 9.97 Å². The summed E-state index contributed by atoms with van der Waals surface area (Å²) in [6, 6.07) is 12.5. The standard InChI is InChI=1S/C9H12.C6H5N3.C6H14.2C2H6/c1-2-6-9-7-4-3-5-8-9;1-2-8-6-5(1)3-7-4-9-6;1-3-5-6-4-2;2*1-2/h3-5,7-8H,2,6H2,1H3;1-4H,(H,7,8,9);3-6H2,1-2H3;2*1-2H3. The van der Waals surface area contributed by atoms with Crippen LogP contribution in [0.15, 0.2) is 55.1 Å². The predicted octanol–water partition coefficient (Wildman–Crippen LogP) is 8.24. The van der Waals surface area contributed by atoms with E-state index in [1.54, 1.807) is 6.20 Å². The van der Waals surface area contributed by atoms with Crippen molar-refractivity contribution in [2.45, 2.75) is 87.0 Å². The van der Waals surface area contributed by atoms with Gasteiger partial charge in [-0.15, -0.1) is 0 Å². The van der Waals surface area contributed by atoms with Crippen LogP contribution >= 0.6 is 0 Å². The normalized spacial score (nSPS) is 8.68. The van der Waals surface area contributed by atoms with E-state index in [-0.39, 0.29) is 0 Å². The monoisotopic (exact) mass is 385 g/mol. The number of fused-ring (bicyclic) bond motifs is 1. The largest absolute Gasteiger partial charge is 0.346 e. The summed E-state index contributed by atoms with van der Waals surface area (Å²) < 4.78 is 0. The smallest absolute Gasteiger partial charge is 0.140 e. The van der Waals surface area contributed by atoms with Gasteiger partial charge in [0.1, 0.15) is 12.0 Å². The number of benzene rings is 1. The number of hydrogen-bond acceptors (Lipinski definition) is 2. The number of H-pyrrole nitrogens is 1. The van der Waals surface area contributed by atoms with Gasteiger partial charge >= 0.3 is 0 Å². The summed E-state index contributed by atoms with van der Waals surface area (Å²) in [7, 11) is 0. The molecule has 0 aliphatic carbocycles. The Hall–Kier alpha value is -2.16. The molecule has 2 heterocycles. The van der Waals surface area contributed by atoms with Crippen LogP contribution < -0.4 is 0 Å². The zero-order valence-corrected chi connectivity index (χ0v) is 19.3. The molecule has 3 heteroatoms. The second kappa shape index (κ2) is 22.9. The molecule has 0 aliphatic rings. The van der Waals surface area contributed by atoms with Crippen LogP contribution in [0.2, 0.25) is 0 Å². The number of aryl methyl sites for hydroxylation is 1. The summed E-state index contributed by atoms with van der Waals surface area (Å²) in [6.45, 7) is 14.7. The second-order valence-electron chi connectivity index (χ2n) is 5.75. The highest BCUT2D eigenvalue weighted by molar-refractivity contribution is 5.73. The first kappa shape index (κ1) is 28.1. The Kier molecular flexibility index (Phi) is 22.9. The highest BCUT2D eigenvalue weighted by Gasteiger charge is 1.89. The van der Waals surface area contributed by atoms with Crippen molar-refractivity contribution in [3.8, 4) is 0 Å². The third kappa shape index (κ3) is 15.0. The molecule has 0 radical (unpaired) electrons. The van der Waals surface area contributed by atoms with Crippen LogP contribution in [0.1, 0.15) is 86.1 Å². The maximum atomic E-state index is 3.97. The van der Waals surface area contributed by atoms with E-state index in [4.69, 9.17) is 0 Å². The van der Waals surface area contributed by atoms with E-state index in [9.17, 15) is 0 Å². The molecule has 0 aliphatic heterocycles. The molecule has 28 heavy (non-hydrogen) atoms. The number of aromatic amines is 1. The molecule has 0 amide bonds. The molecule has 0 spiro atoms. The summed E-state index contributed by atoms with van der Waals surface area (Å²) in [4.78, 5) is 10.8. The molecule has 1 aromatic carbocycles. The van der Waals surface area contributed by atoms with Crippen LogP contribution in [0.5, 0.6) is 0 Å². The number of rotatable bonds is 5. The van der Waals surface area contributed by atoms with Crippen LogP contribution in [0, 0.1) is 0 Å². The summed E-state index contributed by atoms with van der Waals surface area (Å²) in [5, 5.41) is 1.05. The van der Waals surface area contributed by atoms with E-state index >= 15 is 0 Å². The Balaban J connectivity index is 0. The van der Waals surface area contributed by atoms with Crippen molar-refractivity contribution in [2.75, 3.05) is 0 Å². The number of unbranched alkanes of at least 4 members (excludes halogenated alkanes) is 3. The van der Waals surface area contributed by atoms with Crippen molar-refractivity contribution in [1.82, 2.24) is 15.0 Å². The van der Waals surface area contributed by atoms with Crippen molar-refractivity contribution in [2.24, 2.45) is 0 Å². The van der Waals surface area contributed by atoms with Crippen LogP contribution in [0.3, 0.4) is 0 Å². The molecule has 3 aromatic rings. The van der Waals surface area contributed by atoms with Gasteiger partial charge in [-0.05, 0) is 18.1 Å². The predicted molar refractivity (Wildman–Crippen MR) is 127 cm³/mol. The SMILES string of the molecule is CC.CC.CCCCCC.CCCc1ccccc1.c1ncc2cc[nH]c2n1. The highest BCUT2D eigenvalue weighted by atomic mass is 14.9. The lowest BCUT2D eigenvalue weighted by atomic mass is 10.1. The molecule has 2 aromatic heterocycles. The van der Waals surface area contributed by atoms with Gasteiger partial charge < -0.3 is 4.98 Å². The van der Waals surface area contributed by atoms with Crippen LogP contribution in [0.4, 0.5) is 0 Å². The zero-order chi connectivity index (χ0) is 21.5. The minimum absolute atomic E-state index is 0.894. The fourth-order valence-electron chi connectivity index (χ4n) is 2.23. The second-order valence-corrected chi connectivity index (χ2v) is 5.75. The topological polar surface area (TPSA) is 41.6 Å². The quantitative estimate of drug-likeness (QED) is 0.449. The molecule has 0 saturated heterocycles. The van der Waals surface area contributed by atoms with Crippen LogP contribution in [0.25, 0.3) is 11.0 Å². The maximum absolute atomic E-state index is 3.97. The lowest BCUT2D eigenvalue weighted by molar-refractivity contribution is 0.702. The lowest BCUT2D eigenvalue weighted by Crippen LogP contribution is -1.78. The fraction of sp³-hybridized carbons (Fsp3) is 0.520. The van der Waals surface area contributed by atoms with Gasteiger partial charge in [0.25, 0.3) is 0 Å². The van der Waals surface area contributed by atoms with E-state index in [1.807, 2.05) is 40.0 Å². The van der Waals surface area contributed by atoms with Gasteiger partial charge in [-0.2, -0.15) is 0 Å². The van der Waals surface area contributed by atoms with Gasteiger partial charge in [-0.3, -0.25) is 0 Å². The minimum atomic E-state index is 0.894. The Labute approximate surface area is 174 Å². The third-order valence-corrected chi connectivity index (χ3v) is 3.56. The molecular formula is C25H43N3. The van der Waals surface area contributed by atoms with Gasteiger partial charge in [0.05, 0.1) is 0 Å². The third-order valence-electron chi connectivity index (χ3n) is 3.56.